The summed E-state index contributed by atoms with van der Waals surface area (Å²) >= 11 is 0.986. The van der Waals surface area contributed by atoms with Gasteiger partial charge in [-0.2, -0.15) is 0 Å². The molecule has 2 heterocycles. The zero-order valence-electron chi connectivity index (χ0n) is 22.0. The Kier molecular flexibility index (Phi) is 7.32. The minimum Gasteiger partial charge on any atom is -0.507 e. The van der Waals surface area contributed by atoms with Gasteiger partial charge in [0.15, 0.2) is 10.9 Å². The van der Waals surface area contributed by atoms with Crippen molar-refractivity contribution in [2.45, 2.75) is 33.4 Å². The molecule has 5 rings (SSSR count). The van der Waals surface area contributed by atoms with Crippen LogP contribution in [0, 0.1) is 19.7 Å². The number of aryl methyl sites for hydroxylation is 2. The van der Waals surface area contributed by atoms with Crippen LogP contribution in [0.1, 0.15) is 50.6 Å². The monoisotopic (exact) mass is 556 g/mol. The zero-order chi connectivity index (χ0) is 28.6. The number of amides is 1. The van der Waals surface area contributed by atoms with Crippen molar-refractivity contribution < 1.29 is 28.6 Å². The molecule has 1 saturated heterocycles. The second-order valence-corrected chi connectivity index (χ2v) is 10.5. The number of aliphatic hydroxyl groups is 1. The maximum Gasteiger partial charge on any atom is 0.301 e. The van der Waals surface area contributed by atoms with E-state index in [1.54, 1.807) is 31.2 Å². The smallest absolute Gasteiger partial charge is 0.301 e. The SMILES string of the molecule is CC(=O)c1sc(N2C(=O)C(=O)/C(=C(\O)c3ccc(OCc4cccc(C)c4)cc3)C2c2ccc(F)cc2)nc1C. The number of nitrogens with zero attached hydrogens (tertiary/aromatic N) is 2. The number of hydrogen-bond acceptors (Lipinski definition) is 7. The number of thiazole rings is 1. The molecule has 1 fully saturated rings. The lowest BCUT2D eigenvalue weighted by Crippen LogP contribution is -2.29. The summed E-state index contributed by atoms with van der Waals surface area (Å²) in [4.78, 5) is 44.6. The molecule has 1 unspecified atom stereocenters. The van der Waals surface area contributed by atoms with Crippen LogP contribution in [0.2, 0.25) is 0 Å². The van der Waals surface area contributed by atoms with Crippen LogP contribution in [0.25, 0.3) is 5.76 Å². The summed E-state index contributed by atoms with van der Waals surface area (Å²) < 4.78 is 19.6. The lowest BCUT2D eigenvalue weighted by Gasteiger charge is -2.23. The zero-order valence-corrected chi connectivity index (χ0v) is 22.8. The molecule has 1 amide bonds. The van der Waals surface area contributed by atoms with E-state index in [4.69, 9.17) is 4.74 Å². The number of ether oxygens (including phenoxy) is 1. The first-order valence-electron chi connectivity index (χ1n) is 12.5. The number of aliphatic hydroxyl groups excluding tert-OH is 1. The molecule has 1 atom stereocenters. The number of anilines is 1. The maximum absolute atomic E-state index is 13.8. The van der Waals surface area contributed by atoms with E-state index in [9.17, 15) is 23.9 Å². The van der Waals surface area contributed by atoms with Gasteiger partial charge in [0.1, 0.15) is 23.9 Å². The van der Waals surface area contributed by atoms with Crippen molar-refractivity contribution >= 4 is 39.7 Å². The minimum atomic E-state index is -1.08. The predicted molar refractivity (Wildman–Crippen MR) is 150 cm³/mol. The van der Waals surface area contributed by atoms with Gasteiger partial charge in [0.2, 0.25) is 0 Å². The summed E-state index contributed by atoms with van der Waals surface area (Å²) in [6.45, 7) is 5.40. The van der Waals surface area contributed by atoms with E-state index in [2.05, 4.69) is 4.98 Å². The van der Waals surface area contributed by atoms with Crippen molar-refractivity contribution in [1.29, 1.82) is 0 Å². The van der Waals surface area contributed by atoms with Crippen LogP contribution in [-0.4, -0.2) is 27.6 Å². The Morgan fingerprint density at radius 2 is 1.75 bits per heavy atom. The molecule has 0 bridgehead atoms. The first-order chi connectivity index (χ1) is 19.1. The molecule has 202 valence electrons. The standard InChI is InChI=1S/C31H25FN2O5S/c1-17-5-4-6-20(15-17)16-39-24-13-9-22(10-14-24)27(36)25-26(21-7-11-23(32)12-8-21)34(30(38)28(25)37)31-33-18(2)29(40-31)19(3)35/h4-15,26,36H,16H2,1-3H3/b27-25-. The molecule has 0 radical (unpaired) electrons. The molecule has 0 saturated carbocycles. The quantitative estimate of drug-likeness (QED) is 0.124. The highest BCUT2D eigenvalue weighted by Crippen LogP contribution is 2.44. The van der Waals surface area contributed by atoms with Crippen LogP contribution in [0.4, 0.5) is 9.52 Å². The van der Waals surface area contributed by atoms with Crippen LogP contribution in [0.3, 0.4) is 0 Å². The molecular formula is C31H25FN2O5S. The van der Waals surface area contributed by atoms with Crippen molar-refractivity contribution in [3.05, 3.63) is 117 Å². The molecule has 7 nitrogen and oxygen atoms in total. The lowest BCUT2D eigenvalue weighted by molar-refractivity contribution is -0.132. The second kappa shape index (κ2) is 10.9. The molecule has 1 N–H and O–H groups in total. The lowest BCUT2D eigenvalue weighted by atomic mass is 9.95. The molecular weight excluding hydrogens is 531 g/mol. The van der Waals surface area contributed by atoms with Crippen molar-refractivity contribution in [3.63, 3.8) is 0 Å². The normalized spacial score (nSPS) is 16.4. The van der Waals surface area contributed by atoms with Gasteiger partial charge >= 0.3 is 5.91 Å². The average molecular weight is 557 g/mol. The summed E-state index contributed by atoms with van der Waals surface area (Å²) in [5, 5.41) is 11.5. The summed E-state index contributed by atoms with van der Waals surface area (Å²) in [6, 6.07) is 18.7. The van der Waals surface area contributed by atoms with Gasteiger partial charge in [-0.05, 0) is 61.4 Å². The van der Waals surface area contributed by atoms with Gasteiger partial charge in [-0.3, -0.25) is 19.3 Å². The van der Waals surface area contributed by atoms with Crippen LogP contribution < -0.4 is 9.64 Å². The molecule has 1 aliphatic heterocycles. The van der Waals surface area contributed by atoms with E-state index in [1.165, 1.54) is 31.2 Å². The third kappa shape index (κ3) is 5.15. The number of aromatic nitrogens is 1. The molecule has 1 aromatic heterocycles. The van der Waals surface area contributed by atoms with Crippen molar-refractivity contribution in [1.82, 2.24) is 4.98 Å². The van der Waals surface area contributed by atoms with Gasteiger partial charge in [0, 0.05) is 12.5 Å². The number of halogens is 1. The van der Waals surface area contributed by atoms with Gasteiger partial charge in [-0.1, -0.05) is 53.3 Å². The molecule has 40 heavy (non-hydrogen) atoms. The van der Waals surface area contributed by atoms with Gasteiger partial charge in [0.05, 0.1) is 22.2 Å². The molecule has 9 heteroatoms. The van der Waals surface area contributed by atoms with Crippen molar-refractivity contribution in [3.8, 4) is 5.75 Å². The number of Topliss-reactive ketones (excluding diaryl/α,β-unsaturated/α-hetero) is 2. The van der Waals surface area contributed by atoms with Crippen molar-refractivity contribution in [2.75, 3.05) is 4.90 Å². The first-order valence-corrected chi connectivity index (χ1v) is 13.3. The van der Waals surface area contributed by atoms with E-state index in [-0.39, 0.29) is 22.2 Å². The first kappa shape index (κ1) is 27.0. The summed E-state index contributed by atoms with van der Waals surface area (Å²) in [5.41, 5.74) is 3.09. The summed E-state index contributed by atoms with van der Waals surface area (Å²) in [5.74, 6) is -2.36. The number of carbonyl (C=O) groups excluding carboxylic acids is 3. The molecule has 0 aliphatic carbocycles. The average Bonchev–Trinajstić information content (AvgIpc) is 3.44. The van der Waals surface area contributed by atoms with Crippen molar-refractivity contribution in [2.24, 2.45) is 0 Å². The van der Waals surface area contributed by atoms with Gasteiger partial charge in [-0.25, -0.2) is 9.37 Å². The third-order valence-electron chi connectivity index (χ3n) is 6.56. The molecule has 4 aromatic rings. The minimum absolute atomic E-state index is 0.137. The highest BCUT2D eigenvalue weighted by atomic mass is 32.1. The highest BCUT2D eigenvalue weighted by Gasteiger charge is 2.48. The maximum atomic E-state index is 13.8. The Balaban J connectivity index is 1.52. The van der Waals surface area contributed by atoms with Gasteiger partial charge in [-0.15, -0.1) is 0 Å². The topological polar surface area (TPSA) is 96.8 Å². The molecule has 3 aromatic carbocycles. The second-order valence-electron chi connectivity index (χ2n) is 9.49. The van der Waals surface area contributed by atoms with Crippen LogP contribution >= 0.6 is 11.3 Å². The summed E-state index contributed by atoms with van der Waals surface area (Å²) in [7, 11) is 0. The predicted octanol–water partition coefficient (Wildman–Crippen LogP) is 6.31. The van der Waals surface area contributed by atoms with Crippen LogP contribution in [0.15, 0.2) is 78.4 Å². The number of ketones is 2. The third-order valence-corrected chi connectivity index (χ3v) is 7.81. The largest absolute Gasteiger partial charge is 0.507 e. The van der Waals surface area contributed by atoms with Crippen LogP contribution in [-0.2, 0) is 16.2 Å². The Labute approximate surface area is 234 Å². The molecule has 0 spiro atoms. The fourth-order valence-corrected chi connectivity index (χ4v) is 5.62. The molecule has 1 aliphatic rings. The number of benzene rings is 3. The number of carbonyl (C=O) groups is 3. The van der Waals surface area contributed by atoms with Gasteiger partial charge in [0.25, 0.3) is 5.78 Å². The Morgan fingerprint density at radius 3 is 2.38 bits per heavy atom. The summed E-state index contributed by atoms with van der Waals surface area (Å²) in [6.07, 6.45) is 0. The highest BCUT2D eigenvalue weighted by molar-refractivity contribution is 7.18. The number of rotatable bonds is 7. The fourth-order valence-electron chi connectivity index (χ4n) is 4.64. The Morgan fingerprint density at radius 1 is 1.05 bits per heavy atom. The fraction of sp³-hybridized carbons (Fsp3) is 0.161. The van der Waals surface area contributed by atoms with E-state index >= 15 is 0 Å². The van der Waals surface area contributed by atoms with E-state index in [0.717, 1.165) is 27.4 Å². The Hall–Kier alpha value is -4.63. The number of hydrogen-bond donors (Lipinski definition) is 1. The van der Waals surface area contributed by atoms with E-state index in [1.807, 2.05) is 31.2 Å². The van der Waals surface area contributed by atoms with Crippen LogP contribution in [0.5, 0.6) is 5.75 Å². The van der Waals surface area contributed by atoms with Gasteiger partial charge < -0.3 is 9.84 Å². The van der Waals surface area contributed by atoms with E-state index in [0.29, 0.717) is 34.1 Å². The van der Waals surface area contributed by atoms with E-state index < -0.39 is 23.5 Å². The Bertz CT molecular complexity index is 1660.